The number of nitrogens with zero attached hydrogens (tertiary/aromatic N) is 1. The molecule has 0 radical (unpaired) electrons. The Balaban J connectivity index is 2.50. The molecule has 4 nitrogen and oxygen atoms in total. The van der Waals surface area contributed by atoms with Gasteiger partial charge in [-0.3, -0.25) is 0 Å². The molecule has 0 heterocycles. The number of thioether (sulfide) groups is 1. The van der Waals surface area contributed by atoms with Crippen molar-refractivity contribution in [1.82, 2.24) is 5.32 Å². The molecule has 16 heavy (non-hydrogen) atoms. The second kappa shape index (κ2) is 7.01. The van der Waals surface area contributed by atoms with Crippen molar-refractivity contribution in [3.05, 3.63) is 0 Å². The molecule has 3 unspecified atom stereocenters. The average Bonchev–Trinajstić information content (AvgIpc) is 2.73. The summed E-state index contributed by atoms with van der Waals surface area (Å²) in [5.74, 6) is 1.46. The first-order chi connectivity index (χ1) is 7.72. The van der Waals surface area contributed by atoms with Crippen LogP contribution in [0.4, 0.5) is 0 Å². The van der Waals surface area contributed by atoms with Gasteiger partial charge in [0, 0.05) is 11.3 Å². The standard InChI is InChI=1S/C11H23N3OS/c1-3-8(11(12)14-15)13-9-6-5-7-10(9)16-4-2/h8-10,13,15H,3-7H2,1-2H3,(H2,12,14). The lowest BCUT2D eigenvalue weighted by Gasteiger charge is -2.25. The molecular weight excluding hydrogens is 222 g/mol. The first kappa shape index (κ1) is 13.6. The summed E-state index contributed by atoms with van der Waals surface area (Å²) in [6.45, 7) is 4.24. The molecule has 0 aromatic carbocycles. The molecule has 0 bridgehead atoms. The molecule has 1 aliphatic rings. The lowest BCUT2D eigenvalue weighted by molar-refractivity contribution is 0.313. The van der Waals surface area contributed by atoms with Gasteiger partial charge in [0.15, 0.2) is 5.84 Å². The number of hydrogen-bond donors (Lipinski definition) is 3. The van der Waals surface area contributed by atoms with E-state index in [-0.39, 0.29) is 6.04 Å². The van der Waals surface area contributed by atoms with E-state index in [1.54, 1.807) is 0 Å². The Kier molecular flexibility index (Phi) is 5.98. The summed E-state index contributed by atoms with van der Waals surface area (Å²) >= 11 is 2.01. The zero-order chi connectivity index (χ0) is 12.0. The van der Waals surface area contributed by atoms with Gasteiger partial charge in [-0.15, -0.1) is 0 Å². The van der Waals surface area contributed by atoms with Crippen LogP contribution in [0.3, 0.4) is 0 Å². The van der Waals surface area contributed by atoms with Gasteiger partial charge in [0.05, 0.1) is 6.04 Å². The van der Waals surface area contributed by atoms with Crippen molar-refractivity contribution >= 4 is 17.6 Å². The van der Waals surface area contributed by atoms with Crippen molar-refractivity contribution < 1.29 is 5.21 Å². The third-order valence-electron chi connectivity index (χ3n) is 3.13. The highest BCUT2D eigenvalue weighted by atomic mass is 32.2. The maximum atomic E-state index is 8.70. The minimum absolute atomic E-state index is 0.00746. The van der Waals surface area contributed by atoms with Crippen LogP contribution in [0, 0.1) is 0 Å². The first-order valence-corrected chi connectivity index (χ1v) is 7.12. The predicted octanol–water partition coefficient (Wildman–Crippen LogP) is 1.78. The summed E-state index contributed by atoms with van der Waals surface area (Å²) in [6, 6.07) is 0.517. The molecule has 1 aliphatic carbocycles. The summed E-state index contributed by atoms with van der Waals surface area (Å²) in [6.07, 6.45) is 4.62. The number of oxime groups is 1. The lowest BCUT2D eigenvalue weighted by Crippen LogP contribution is -2.48. The van der Waals surface area contributed by atoms with Crippen LogP contribution in [0.25, 0.3) is 0 Å². The number of nitrogens with one attached hydrogen (secondary N) is 1. The Morgan fingerprint density at radius 3 is 2.88 bits per heavy atom. The van der Waals surface area contributed by atoms with Gasteiger partial charge in [-0.05, 0) is 25.0 Å². The van der Waals surface area contributed by atoms with E-state index in [0.29, 0.717) is 17.1 Å². The lowest BCUT2D eigenvalue weighted by atomic mass is 10.1. The van der Waals surface area contributed by atoms with Crippen molar-refractivity contribution in [2.24, 2.45) is 10.9 Å². The molecule has 0 aliphatic heterocycles. The fourth-order valence-electron chi connectivity index (χ4n) is 2.27. The van der Waals surface area contributed by atoms with Crippen molar-refractivity contribution in [3.8, 4) is 0 Å². The van der Waals surface area contributed by atoms with Crippen LogP contribution < -0.4 is 11.1 Å². The van der Waals surface area contributed by atoms with Crippen LogP contribution in [0.15, 0.2) is 5.16 Å². The molecule has 94 valence electrons. The Bertz CT molecular complexity index is 235. The van der Waals surface area contributed by atoms with Crippen LogP contribution in [0.2, 0.25) is 0 Å². The minimum Gasteiger partial charge on any atom is -0.409 e. The van der Waals surface area contributed by atoms with E-state index in [1.165, 1.54) is 19.3 Å². The van der Waals surface area contributed by atoms with Gasteiger partial charge >= 0.3 is 0 Å². The first-order valence-electron chi connectivity index (χ1n) is 6.07. The Morgan fingerprint density at radius 1 is 1.56 bits per heavy atom. The van der Waals surface area contributed by atoms with E-state index in [1.807, 2.05) is 18.7 Å². The summed E-state index contributed by atoms with van der Waals surface area (Å²) in [7, 11) is 0. The molecule has 1 fully saturated rings. The Hall–Kier alpha value is -0.420. The van der Waals surface area contributed by atoms with Gasteiger partial charge in [-0.25, -0.2) is 0 Å². The maximum Gasteiger partial charge on any atom is 0.156 e. The van der Waals surface area contributed by atoms with Crippen LogP contribution in [-0.4, -0.2) is 34.1 Å². The van der Waals surface area contributed by atoms with Crippen molar-refractivity contribution in [3.63, 3.8) is 0 Å². The highest BCUT2D eigenvalue weighted by Crippen LogP contribution is 2.30. The predicted molar refractivity (Wildman–Crippen MR) is 70.2 cm³/mol. The summed E-state index contributed by atoms with van der Waals surface area (Å²) in [4.78, 5) is 0. The third kappa shape index (κ3) is 3.56. The zero-order valence-corrected chi connectivity index (χ0v) is 11.0. The highest BCUT2D eigenvalue weighted by molar-refractivity contribution is 7.99. The van der Waals surface area contributed by atoms with Crippen molar-refractivity contribution in [1.29, 1.82) is 0 Å². The van der Waals surface area contributed by atoms with Crippen LogP contribution >= 0.6 is 11.8 Å². The minimum atomic E-state index is 0.00746. The summed E-state index contributed by atoms with van der Waals surface area (Å²) in [5.41, 5.74) is 5.66. The molecule has 5 heteroatoms. The second-order valence-corrected chi connectivity index (χ2v) is 5.70. The highest BCUT2D eigenvalue weighted by Gasteiger charge is 2.29. The maximum absolute atomic E-state index is 8.70. The second-order valence-electron chi connectivity index (χ2n) is 4.18. The van der Waals surface area contributed by atoms with E-state index in [9.17, 15) is 0 Å². The van der Waals surface area contributed by atoms with E-state index in [0.717, 1.165) is 12.2 Å². The van der Waals surface area contributed by atoms with Crippen LogP contribution in [0.1, 0.15) is 39.5 Å². The van der Waals surface area contributed by atoms with Crippen LogP contribution in [0.5, 0.6) is 0 Å². The van der Waals surface area contributed by atoms with E-state index >= 15 is 0 Å². The van der Waals surface area contributed by atoms with Crippen molar-refractivity contribution in [2.45, 2.75) is 56.9 Å². The topological polar surface area (TPSA) is 70.6 Å². The Morgan fingerprint density at radius 2 is 2.31 bits per heavy atom. The normalized spacial score (nSPS) is 28.2. The van der Waals surface area contributed by atoms with Gasteiger partial charge < -0.3 is 16.3 Å². The smallest absolute Gasteiger partial charge is 0.156 e. The Labute approximate surface area is 102 Å². The van der Waals surface area contributed by atoms with E-state index in [2.05, 4.69) is 17.4 Å². The molecule has 0 spiro atoms. The summed E-state index contributed by atoms with van der Waals surface area (Å²) < 4.78 is 0. The quantitative estimate of drug-likeness (QED) is 0.289. The van der Waals surface area contributed by atoms with Crippen molar-refractivity contribution in [2.75, 3.05) is 5.75 Å². The van der Waals surface area contributed by atoms with E-state index < -0.39 is 0 Å². The molecule has 0 aromatic heterocycles. The molecule has 0 aromatic rings. The molecular formula is C11H23N3OS. The molecule has 0 amide bonds. The molecule has 0 saturated heterocycles. The number of amidine groups is 1. The molecule has 1 rings (SSSR count). The number of hydrogen-bond acceptors (Lipinski definition) is 4. The van der Waals surface area contributed by atoms with Crippen LogP contribution in [-0.2, 0) is 0 Å². The molecule has 4 N–H and O–H groups in total. The van der Waals surface area contributed by atoms with Gasteiger partial charge in [0.1, 0.15) is 0 Å². The van der Waals surface area contributed by atoms with E-state index in [4.69, 9.17) is 10.9 Å². The van der Waals surface area contributed by atoms with Gasteiger partial charge in [-0.1, -0.05) is 25.4 Å². The number of rotatable bonds is 6. The fourth-order valence-corrected chi connectivity index (χ4v) is 3.48. The largest absolute Gasteiger partial charge is 0.409 e. The third-order valence-corrected chi connectivity index (χ3v) is 4.46. The van der Waals surface area contributed by atoms with Gasteiger partial charge in [0.2, 0.25) is 0 Å². The molecule has 1 saturated carbocycles. The fraction of sp³-hybridized carbons (Fsp3) is 0.909. The monoisotopic (exact) mass is 245 g/mol. The molecule has 3 atom stereocenters. The average molecular weight is 245 g/mol. The van der Waals surface area contributed by atoms with Gasteiger partial charge in [0.25, 0.3) is 0 Å². The summed E-state index contributed by atoms with van der Waals surface area (Å²) in [5, 5.41) is 16.0. The van der Waals surface area contributed by atoms with Gasteiger partial charge in [-0.2, -0.15) is 11.8 Å². The number of nitrogens with two attached hydrogens (primary N) is 1. The SMILES string of the molecule is CCSC1CCCC1NC(CC)C(N)=NO. The zero-order valence-electron chi connectivity index (χ0n) is 10.1.